The van der Waals surface area contributed by atoms with Crippen LogP contribution in [0.2, 0.25) is 0 Å². The van der Waals surface area contributed by atoms with Crippen LogP contribution in [0.15, 0.2) is 36.5 Å². The third-order valence-corrected chi connectivity index (χ3v) is 7.28. The standard InChI is InChI=1S/C32H37F3N6O3/c1-18-12-19(14-20(33)13-18)23-17-37-29(36-8-11-43-5)26(30-39-25-16-21(34)15-24(35)27(25)40-30)28(23)41-9-6-22(7-10-41)38-31(42)44-32(2,3)4/h12-17,22H,6-11H2,1-5H3,(H,36,37)(H,38,42)(H,39,40). The predicted molar refractivity (Wildman–Crippen MR) is 164 cm³/mol. The van der Waals surface area contributed by atoms with Crippen LogP contribution in [-0.4, -0.2) is 66.0 Å². The quantitative estimate of drug-likeness (QED) is 0.194. The summed E-state index contributed by atoms with van der Waals surface area (Å²) in [6.07, 6.45) is 2.41. The number of fused-ring (bicyclic) bond motifs is 1. The number of piperidine rings is 1. The molecule has 0 saturated carbocycles. The van der Waals surface area contributed by atoms with Crippen molar-refractivity contribution >= 4 is 28.6 Å². The number of hydrogen-bond donors (Lipinski definition) is 3. The maximum atomic E-state index is 14.8. The van der Waals surface area contributed by atoms with Crippen molar-refractivity contribution < 1.29 is 27.4 Å². The van der Waals surface area contributed by atoms with Gasteiger partial charge in [0.05, 0.1) is 23.4 Å². The van der Waals surface area contributed by atoms with Gasteiger partial charge in [0.2, 0.25) is 0 Å². The van der Waals surface area contributed by atoms with Crippen LogP contribution >= 0.6 is 0 Å². The number of halogens is 3. The molecule has 1 amide bonds. The molecule has 12 heteroatoms. The van der Waals surface area contributed by atoms with Gasteiger partial charge < -0.3 is 30.0 Å². The van der Waals surface area contributed by atoms with Crippen molar-refractivity contribution in [3.8, 4) is 22.5 Å². The fourth-order valence-corrected chi connectivity index (χ4v) is 5.45. The number of aromatic amines is 1. The first-order valence-corrected chi connectivity index (χ1v) is 14.5. The van der Waals surface area contributed by atoms with Crippen LogP contribution < -0.4 is 15.5 Å². The number of carbonyl (C=O) groups is 1. The number of benzene rings is 2. The summed E-state index contributed by atoms with van der Waals surface area (Å²) in [5.74, 6) is -1.20. The van der Waals surface area contributed by atoms with Gasteiger partial charge in [0.25, 0.3) is 0 Å². The summed E-state index contributed by atoms with van der Waals surface area (Å²) in [4.78, 5) is 26.9. The Kier molecular flexibility index (Phi) is 9.00. The Hall–Kier alpha value is -4.32. The molecule has 2 aromatic heterocycles. The Bertz CT molecular complexity index is 1640. The number of nitrogens with zero attached hydrogens (tertiary/aromatic N) is 3. The number of amides is 1. The number of nitrogens with one attached hydrogen (secondary N) is 3. The minimum absolute atomic E-state index is 0.0116. The summed E-state index contributed by atoms with van der Waals surface area (Å²) in [7, 11) is 1.59. The summed E-state index contributed by atoms with van der Waals surface area (Å²) >= 11 is 0. The van der Waals surface area contributed by atoms with Gasteiger partial charge in [-0.1, -0.05) is 6.07 Å². The van der Waals surface area contributed by atoms with Crippen LogP contribution in [0.4, 0.5) is 29.5 Å². The van der Waals surface area contributed by atoms with Gasteiger partial charge in [-0.15, -0.1) is 0 Å². The topological polar surface area (TPSA) is 104 Å². The number of aromatic nitrogens is 3. The predicted octanol–water partition coefficient (Wildman–Crippen LogP) is 6.57. The number of imidazole rings is 1. The number of methoxy groups -OCH3 is 1. The highest BCUT2D eigenvalue weighted by Crippen LogP contribution is 2.44. The lowest BCUT2D eigenvalue weighted by molar-refractivity contribution is 0.0497. The lowest BCUT2D eigenvalue weighted by Crippen LogP contribution is -2.46. The van der Waals surface area contributed by atoms with E-state index in [0.717, 1.165) is 11.6 Å². The number of carbonyl (C=O) groups excluding carboxylic acids is 1. The third kappa shape index (κ3) is 7.07. The highest BCUT2D eigenvalue weighted by atomic mass is 19.1. The van der Waals surface area contributed by atoms with E-state index in [-0.39, 0.29) is 22.9 Å². The first-order valence-electron chi connectivity index (χ1n) is 14.5. The van der Waals surface area contributed by atoms with E-state index in [1.807, 2.05) is 33.8 Å². The van der Waals surface area contributed by atoms with E-state index < -0.39 is 29.1 Å². The highest BCUT2D eigenvalue weighted by Gasteiger charge is 2.30. The molecule has 3 N–H and O–H groups in total. The molecule has 1 saturated heterocycles. The smallest absolute Gasteiger partial charge is 0.407 e. The van der Waals surface area contributed by atoms with Crippen LogP contribution in [0, 0.1) is 24.4 Å². The Labute approximate surface area is 254 Å². The Morgan fingerprint density at radius 1 is 1.09 bits per heavy atom. The van der Waals surface area contributed by atoms with Crippen molar-refractivity contribution in [2.75, 3.05) is 43.6 Å². The molecule has 1 aliphatic heterocycles. The van der Waals surface area contributed by atoms with Crippen molar-refractivity contribution in [1.82, 2.24) is 20.3 Å². The number of aryl methyl sites for hydroxylation is 1. The lowest BCUT2D eigenvalue weighted by Gasteiger charge is -2.36. The number of hydrogen-bond acceptors (Lipinski definition) is 7. The average molecular weight is 611 g/mol. The van der Waals surface area contributed by atoms with Crippen LogP contribution in [0.5, 0.6) is 0 Å². The molecule has 1 aliphatic rings. The summed E-state index contributed by atoms with van der Waals surface area (Å²) < 4.78 is 54.3. The first kappa shape index (κ1) is 31.1. The van der Waals surface area contributed by atoms with Crippen molar-refractivity contribution in [3.05, 3.63) is 59.5 Å². The molecular weight excluding hydrogens is 573 g/mol. The minimum Gasteiger partial charge on any atom is -0.444 e. The van der Waals surface area contributed by atoms with Crippen molar-refractivity contribution in [2.24, 2.45) is 0 Å². The molecule has 0 radical (unpaired) electrons. The largest absolute Gasteiger partial charge is 0.444 e. The maximum Gasteiger partial charge on any atom is 0.407 e. The molecule has 4 aromatic rings. The van der Waals surface area contributed by atoms with E-state index in [1.54, 1.807) is 13.3 Å². The fourth-order valence-electron chi connectivity index (χ4n) is 5.45. The zero-order valence-electron chi connectivity index (χ0n) is 25.5. The molecule has 234 valence electrons. The molecule has 0 aliphatic carbocycles. The second-order valence-electron chi connectivity index (χ2n) is 12.0. The van der Waals surface area contributed by atoms with E-state index in [4.69, 9.17) is 14.5 Å². The molecule has 0 unspecified atom stereocenters. The van der Waals surface area contributed by atoms with Gasteiger partial charge in [0, 0.05) is 50.6 Å². The number of rotatable bonds is 8. The monoisotopic (exact) mass is 610 g/mol. The summed E-state index contributed by atoms with van der Waals surface area (Å²) in [6, 6.07) is 6.62. The molecule has 3 heterocycles. The maximum absolute atomic E-state index is 14.8. The van der Waals surface area contributed by atoms with Gasteiger partial charge in [-0.2, -0.15) is 0 Å². The van der Waals surface area contributed by atoms with Gasteiger partial charge in [-0.3, -0.25) is 0 Å². The molecular formula is C32H37F3N6O3. The Morgan fingerprint density at radius 3 is 2.50 bits per heavy atom. The number of ether oxygens (including phenoxy) is 2. The molecule has 0 spiro atoms. The Morgan fingerprint density at radius 2 is 1.82 bits per heavy atom. The van der Waals surface area contributed by atoms with Crippen LogP contribution in [0.1, 0.15) is 39.2 Å². The Balaban J connectivity index is 1.62. The number of alkyl carbamates (subject to hydrolysis) is 1. The number of pyridine rings is 1. The van der Waals surface area contributed by atoms with Crippen LogP contribution in [0.25, 0.3) is 33.5 Å². The first-order chi connectivity index (χ1) is 20.9. The van der Waals surface area contributed by atoms with Gasteiger partial charge in [-0.25, -0.2) is 27.9 Å². The van der Waals surface area contributed by atoms with Crippen molar-refractivity contribution in [2.45, 2.75) is 52.2 Å². The number of anilines is 2. The summed E-state index contributed by atoms with van der Waals surface area (Å²) in [5, 5.41) is 6.24. The third-order valence-electron chi connectivity index (χ3n) is 7.28. The van der Waals surface area contributed by atoms with Gasteiger partial charge in [-0.05, 0) is 69.9 Å². The molecule has 5 rings (SSSR count). The van der Waals surface area contributed by atoms with E-state index in [1.165, 1.54) is 18.2 Å². The average Bonchev–Trinajstić information content (AvgIpc) is 3.36. The highest BCUT2D eigenvalue weighted by molar-refractivity contribution is 5.96. The van der Waals surface area contributed by atoms with Crippen molar-refractivity contribution in [1.29, 1.82) is 0 Å². The zero-order valence-corrected chi connectivity index (χ0v) is 25.5. The van der Waals surface area contributed by atoms with E-state index in [0.29, 0.717) is 67.3 Å². The molecule has 0 bridgehead atoms. The second kappa shape index (κ2) is 12.7. The number of H-pyrrole nitrogens is 1. The van der Waals surface area contributed by atoms with Crippen LogP contribution in [-0.2, 0) is 9.47 Å². The minimum atomic E-state index is -0.795. The normalized spacial score (nSPS) is 14.2. The molecule has 0 atom stereocenters. The summed E-state index contributed by atoms with van der Waals surface area (Å²) in [6.45, 7) is 9.11. The molecule has 44 heavy (non-hydrogen) atoms. The molecule has 1 fully saturated rings. The van der Waals surface area contributed by atoms with Crippen LogP contribution in [0.3, 0.4) is 0 Å². The van der Waals surface area contributed by atoms with E-state index in [2.05, 4.69) is 25.5 Å². The van der Waals surface area contributed by atoms with Gasteiger partial charge >= 0.3 is 6.09 Å². The molecule has 9 nitrogen and oxygen atoms in total. The fraction of sp³-hybridized carbons (Fsp3) is 0.406. The van der Waals surface area contributed by atoms with Gasteiger partial charge in [0.15, 0.2) is 5.82 Å². The second-order valence-corrected chi connectivity index (χ2v) is 12.0. The van der Waals surface area contributed by atoms with Crippen molar-refractivity contribution in [3.63, 3.8) is 0 Å². The SMILES string of the molecule is COCCNc1ncc(-c2cc(C)cc(F)c2)c(N2CCC(NC(=O)OC(C)(C)C)CC2)c1-c1nc2c(F)cc(F)cc2[nH]1. The molecule has 2 aromatic carbocycles. The van der Waals surface area contributed by atoms with E-state index in [9.17, 15) is 18.0 Å². The summed E-state index contributed by atoms with van der Waals surface area (Å²) in [5.41, 5.74) is 2.77. The van der Waals surface area contributed by atoms with Gasteiger partial charge in [0.1, 0.15) is 34.4 Å². The zero-order chi connectivity index (χ0) is 31.6. The lowest BCUT2D eigenvalue weighted by atomic mass is 9.96. The van der Waals surface area contributed by atoms with E-state index >= 15 is 0 Å².